The Morgan fingerprint density at radius 3 is 2.45 bits per heavy atom. The molecule has 0 radical (unpaired) electrons. The first-order chi connectivity index (χ1) is 18.1. The second-order valence-corrected chi connectivity index (χ2v) is 10.4. The van der Waals surface area contributed by atoms with E-state index in [9.17, 15) is 14.0 Å². The highest BCUT2D eigenvalue weighted by atomic mass is 35.5. The number of nitrogens with one attached hydrogen (secondary N) is 1. The minimum absolute atomic E-state index is 0.0443. The summed E-state index contributed by atoms with van der Waals surface area (Å²) in [4.78, 5) is 27.4. The van der Waals surface area contributed by atoms with Gasteiger partial charge >= 0.3 is 11.1 Å². The highest BCUT2D eigenvalue weighted by Crippen LogP contribution is 2.40. The summed E-state index contributed by atoms with van der Waals surface area (Å²) < 4.78 is 37.7. The number of aromatic nitrogens is 2. The number of benzene rings is 3. The molecule has 1 N–H and O–H groups in total. The Bertz CT molecular complexity index is 1690. The van der Waals surface area contributed by atoms with Gasteiger partial charge < -0.3 is 14.6 Å². The van der Waals surface area contributed by atoms with Crippen LogP contribution >= 0.6 is 11.6 Å². The van der Waals surface area contributed by atoms with Gasteiger partial charge in [0, 0.05) is 31.1 Å². The van der Waals surface area contributed by atoms with E-state index >= 15 is 4.39 Å². The number of para-hydroxylation sites is 1. The lowest BCUT2D eigenvalue weighted by Crippen LogP contribution is -2.48. The van der Waals surface area contributed by atoms with E-state index in [0.29, 0.717) is 23.3 Å². The highest BCUT2D eigenvalue weighted by molar-refractivity contribution is 6.34. The summed E-state index contributed by atoms with van der Waals surface area (Å²) in [7, 11) is 1.35. The fourth-order valence-electron chi connectivity index (χ4n) is 5.11. The predicted octanol–water partition coefficient (Wildman–Crippen LogP) is 5.41. The largest absolute Gasteiger partial charge is 0.496 e. The van der Waals surface area contributed by atoms with Crippen molar-refractivity contribution in [1.82, 2.24) is 14.5 Å². The third-order valence-electron chi connectivity index (χ3n) is 7.19. The first kappa shape index (κ1) is 26.1. The molecule has 0 amide bonds. The summed E-state index contributed by atoms with van der Waals surface area (Å²) in [6.45, 7) is 7.67. The van der Waals surface area contributed by atoms with Crippen molar-refractivity contribution in [3.63, 3.8) is 0 Å². The zero-order chi connectivity index (χ0) is 27.3. The molecule has 9 heteroatoms. The molecule has 38 heavy (non-hydrogen) atoms. The van der Waals surface area contributed by atoms with E-state index in [0.717, 1.165) is 30.3 Å². The molecule has 1 aliphatic heterocycles. The standard InChI is InChI=1S/C29H28ClF2N3O3/c1-15(2)18-7-5-6-16(3)27(18)35-23-10-19(25-24(38-4)9-8-21(31)26(25)32)20(30)11-22(23)34(28(36)29(35)37)14-17-12-33-13-17/h5-11,15,17,33H,12-14H2,1-4H3. The van der Waals surface area contributed by atoms with Crippen molar-refractivity contribution in [1.29, 1.82) is 0 Å². The highest BCUT2D eigenvalue weighted by Gasteiger charge is 2.26. The van der Waals surface area contributed by atoms with Gasteiger partial charge in [0.2, 0.25) is 0 Å². The first-order valence-corrected chi connectivity index (χ1v) is 12.8. The molecule has 2 heterocycles. The summed E-state index contributed by atoms with van der Waals surface area (Å²) in [6, 6.07) is 11.1. The fraction of sp³-hybridized carbons (Fsp3) is 0.310. The maximum Gasteiger partial charge on any atom is 0.321 e. The Hall–Kier alpha value is -3.49. The Labute approximate surface area is 223 Å². The summed E-state index contributed by atoms with van der Waals surface area (Å²) in [6.07, 6.45) is 0. The molecule has 5 rings (SSSR count). The van der Waals surface area contributed by atoms with Gasteiger partial charge in [0.05, 0.1) is 34.4 Å². The fourth-order valence-corrected chi connectivity index (χ4v) is 5.37. The lowest BCUT2D eigenvalue weighted by Gasteiger charge is -2.29. The van der Waals surface area contributed by atoms with Crippen molar-refractivity contribution in [2.45, 2.75) is 33.2 Å². The third kappa shape index (κ3) is 4.22. The second-order valence-electron chi connectivity index (χ2n) is 10.0. The Kier molecular flexibility index (Phi) is 6.88. The summed E-state index contributed by atoms with van der Waals surface area (Å²) in [5.41, 5.74) is 1.66. The van der Waals surface area contributed by atoms with Gasteiger partial charge in [-0.3, -0.25) is 14.2 Å². The van der Waals surface area contributed by atoms with Crippen LogP contribution in [0.4, 0.5) is 8.78 Å². The van der Waals surface area contributed by atoms with Crippen LogP contribution in [-0.2, 0) is 6.54 Å². The van der Waals surface area contributed by atoms with Gasteiger partial charge in [-0.2, -0.15) is 0 Å². The monoisotopic (exact) mass is 539 g/mol. The number of rotatable bonds is 6. The molecule has 0 bridgehead atoms. The van der Waals surface area contributed by atoms with Crippen LogP contribution in [0.2, 0.25) is 5.02 Å². The van der Waals surface area contributed by atoms with Crippen molar-refractivity contribution >= 4 is 22.6 Å². The van der Waals surface area contributed by atoms with Crippen molar-refractivity contribution < 1.29 is 13.5 Å². The van der Waals surface area contributed by atoms with Gasteiger partial charge in [-0.15, -0.1) is 0 Å². The maximum absolute atomic E-state index is 15.2. The quantitative estimate of drug-likeness (QED) is 0.333. The van der Waals surface area contributed by atoms with Crippen LogP contribution in [0.15, 0.2) is 52.1 Å². The minimum atomic E-state index is -1.12. The minimum Gasteiger partial charge on any atom is -0.496 e. The average molecular weight is 540 g/mol. The molecule has 0 spiro atoms. The van der Waals surface area contributed by atoms with Crippen LogP contribution in [0.1, 0.15) is 30.9 Å². The summed E-state index contributed by atoms with van der Waals surface area (Å²) in [5, 5.41) is 3.28. The van der Waals surface area contributed by atoms with Gasteiger partial charge in [0.25, 0.3) is 0 Å². The lowest BCUT2D eigenvalue weighted by atomic mass is 9.97. The molecule has 4 aromatic rings. The molecule has 6 nitrogen and oxygen atoms in total. The predicted molar refractivity (Wildman–Crippen MR) is 146 cm³/mol. The van der Waals surface area contributed by atoms with Crippen LogP contribution < -0.4 is 21.2 Å². The number of methoxy groups -OCH3 is 1. The van der Waals surface area contributed by atoms with Crippen LogP contribution in [0.3, 0.4) is 0 Å². The molecule has 0 unspecified atom stereocenters. The topological polar surface area (TPSA) is 65.3 Å². The van der Waals surface area contributed by atoms with E-state index in [1.807, 2.05) is 39.0 Å². The zero-order valence-corrected chi connectivity index (χ0v) is 22.3. The van der Waals surface area contributed by atoms with Crippen molar-refractivity contribution in [2.24, 2.45) is 5.92 Å². The smallest absolute Gasteiger partial charge is 0.321 e. The molecular weight excluding hydrogens is 512 g/mol. The molecule has 198 valence electrons. The molecule has 0 saturated carbocycles. The van der Waals surface area contributed by atoms with E-state index in [-0.39, 0.29) is 33.7 Å². The molecule has 1 fully saturated rings. The maximum atomic E-state index is 15.2. The van der Waals surface area contributed by atoms with Gasteiger partial charge in [-0.25, -0.2) is 8.78 Å². The Balaban J connectivity index is 1.95. The molecular formula is C29H28ClF2N3O3. The number of halogens is 3. The molecule has 0 aliphatic carbocycles. The molecule has 1 aliphatic rings. The number of hydrogen-bond acceptors (Lipinski definition) is 4. The van der Waals surface area contributed by atoms with E-state index in [1.165, 1.54) is 22.3 Å². The Morgan fingerprint density at radius 1 is 1.08 bits per heavy atom. The number of hydrogen-bond donors (Lipinski definition) is 1. The van der Waals surface area contributed by atoms with E-state index in [2.05, 4.69) is 5.32 Å². The van der Waals surface area contributed by atoms with E-state index in [1.54, 1.807) is 12.1 Å². The van der Waals surface area contributed by atoms with Crippen LogP contribution in [0, 0.1) is 24.5 Å². The third-order valence-corrected chi connectivity index (χ3v) is 7.51. The summed E-state index contributed by atoms with van der Waals surface area (Å²) >= 11 is 6.69. The van der Waals surface area contributed by atoms with Crippen molar-refractivity contribution in [3.05, 3.63) is 91.0 Å². The van der Waals surface area contributed by atoms with Crippen molar-refractivity contribution in [3.8, 4) is 22.6 Å². The Morgan fingerprint density at radius 2 is 1.82 bits per heavy atom. The van der Waals surface area contributed by atoms with Gasteiger partial charge in [0.1, 0.15) is 5.75 Å². The first-order valence-electron chi connectivity index (χ1n) is 12.5. The van der Waals surface area contributed by atoms with Crippen LogP contribution in [-0.4, -0.2) is 29.3 Å². The summed E-state index contributed by atoms with van der Waals surface area (Å²) in [5.74, 6) is -1.87. The SMILES string of the molecule is COc1ccc(F)c(F)c1-c1cc2c(cc1Cl)n(CC1CNC1)c(=O)c(=O)n2-c1c(C)cccc1C(C)C. The molecule has 3 aromatic carbocycles. The average Bonchev–Trinajstić information content (AvgIpc) is 2.85. The van der Waals surface area contributed by atoms with Crippen LogP contribution in [0.25, 0.3) is 27.8 Å². The van der Waals surface area contributed by atoms with Crippen molar-refractivity contribution in [2.75, 3.05) is 20.2 Å². The van der Waals surface area contributed by atoms with Crippen LogP contribution in [0.5, 0.6) is 5.75 Å². The number of fused-ring (bicyclic) bond motifs is 1. The number of aryl methyl sites for hydroxylation is 1. The number of nitrogens with zero attached hydrogens (tertiary/aromatic N) is 2. The second kappa shape index (κ2) is 10.0. The van der Waals surface area contributed by atoms with Gasteiger partial charge in [-0.05, 0) is 48.2 Å². The van der Waals surface area contributed by atoms with E-state index < -0.39 is 22.8 Å². The molecule has 0 atom stereocenters. The van der Waals surface area contributed by atoms with Gasteiger partial charge in [-0.1, -0.05) is 43.6 Å². The lowest BCUT2D eigenvalue weighted by molar-refractivity contribution is 0.306. The number of ether oxygens (including phenoxy) is 1. The normalized spacial score (nSPS) is 13.8. The zero-order valence-electron chi connectivity index (χ0n) is 21.6. The molecule has 1 aromatic heterocycles. The molecule has 1 saturated heterocycles. The van der Waals surface area contributed by atoms with Gasteiger partial charge in [0.15, 0.2) is 11.6 Å². The van der Waals surface area contributed by atoms with E-state index in [4.69, 9.17) is 16.3 Å².